The number of hydrogen-bond donors (Lipinski definition) is 2. The van der Waals surface area contributed by atoms with E-state index in [0.717, 1.165) is 19.3 Å². The van der Waals surface area contributed by atoms with Crippen LogP contribution in [-0.4, -0.2) is 32.8 Å². The van der Waals surface area contributed by atoms with Gasteiger partial charge in [0.25, 0.3) is 0 Å². The van der Waals surface area contributed by atoms with Crippen molar-refractivity contribution in [1.29, 1.82) is 0 Å². The molecule has 1 saturated heterocycles. The highest BCUT2D eigenvalue weighted by molar-refractivity contribution is 9.10. The number of ether oxygens (including phenoxy) is 1. The van der Waals surface area contributed by atoms with Crippen LogP contribution in [0.1, 0.15) is 24.8 Å². The zero-order chi connectivity index (χ0) is 15.5. The molecule has 5 nitrogen and oxygen atoms in total. The van der Waals surface area contributed by atoms with Gasteiger partial charge in [-0.15, -0.1) is 0 Å². The Morgan fingerprint density at radius 2 is 2.19 bits per heavy atom. The van der Waals surface area contributed by atoms with E-state index in [1.165, 1.54) is 12.1 Å². The standard InChI is InChI=1S/C13H17BrFNO4S/c14-10-5-9(8-17)13(15)12(6-10)21(18,19)16-7-11-3-1-2-4-20-11/h5-6,11,16-17H,1-4,7-8H2. The molecule has 21 heavy (non-hydrogen) atoms. The van der Waals surface area contributed by atoms with Gasteiger partial charge < -0.3 is 9.84 Å². The SMILES string of the molecule is O=S(=O)(NCC1CCCCO1)c1cc(Br)cc(CO)c1F. The van der Waals surface area contributed by atoms with Crippen molar-refractivity contribution in [3.8, 4) is 0 Å². The highest BCUT2D eigenvalue weighted by Gasteiger charge is 2.24. The zero-order valence-electron chi connectivity index (χ0n) is 11.3. The van der Waals surface area contributed by atoms with E-state index < -0.39 is 27.3 Å². The molecule has 1 aromatic rings. The average molecular weight is 382 g/mol. The minimum atomic E-state index is -3.99. The molecule has 0 radical (unpaired) electrons. The molecule has 1 aliphatic rings. The Bertz CT molecular complexity index is 602. The van der Waals surface area contributed by atoms with Crippen molar-refractivity contribution in [2.75, 3.05) is 13.2 Å². The molecule has 1 heterocycles. The van der Waals surface area contributed by atoms with E-state index in [1.807, 2.05) is 0 Å². The summed E-state index contributed by atoms with van der Waals surface area (Å²) in [4.78, 5) is -0.475. The molecular weight excluding hydrogens is 365 g/mol. The fourth-order valence-corrected chi connectivity index (χ4v) is 4.04. The number of rotatable bonds is 5. The number of aliphatic hydroxyl groups excluding tert-OH is 1. The van der Waals surface area contributed by atoms with E-state index in [0.29, 0.717) is 11.1 Å². The second kappa shape index (κ2) is 7.15. The third kappa shape index (κ3) is 4.23. The van der Waals surface area contributed by atoms with E-state index >= 15 is 0 Å². The molecule has 2 N–H and O–H groups in total. The lowest BCUT2D eigenvalue weighted by molar-refractivity contribution is 0.0200. The summed E-state index contributed by atoms with van der Waals surface area (Å²) in [6.45, 7) is 0.161. The molecule has 0 saturated carbocycles. The summed E-state index contributed by atoms with van der Waals surface area (Å²) in [6.07, 6.45) is 2.57. The van der Waals surface area contributed by atoms with Crippen LogP contribution < -0.4 is 4.72 Å². The van der Waals surface area contributed by atoms with Gasteiger partial charge in [-0.05, 0) is 31.4 Å². The highest BCUT2D eigenvalue weighted by atomic mass is 79.9. The molecule has 0 aliphatic carbocycles. The van der Waals surface area contributed by atoms with E-state index in [4.69, 9.17) is 9.84 Å². The maximum absolute atomic E-state index is 14.1. The van der Waals surface area contributed by atoms with Crippen molar-refractivity contribution in [3.05, 3.63) is 28.0 Å². The lowest BCUT2D eigenvalue weighted by Crippen LogP contribution is -2.35. The van der Waals surface area contributed by atoms with Gasteiger partial charge in [-0.1, -0.05) is 15.9 Å². The first-order chi connectivity index (χ1) is 9.94. The quantitative estimate of drug-likeness (QED) is 0.816. The molecule has 1 fully saturated rings. The van der Waals surface area contributed by atoms with Crippen LogP contribution in [0.15, 0.2) is 21.5 Å². The summed E-state index contributed by atoms with van der Waals surface area (Å²) in [6, 6.07) is 2.52. The Kier molecular flexibility index (Phi) is 5.73. The van der Waals surface area contributed by atoms with Crippen molar-refractivity contribution in [3.63, 3.8) is 0 Å². The Morgan fingerprint density at radius 1 is 1.43 bits per heavy atom. The molecule has 0 aromatic heterocycles. The number of aliphatic hydroxyl groups is 1. The van der Waals surface area contributed by atoms with Gasteiger partial charge >= 0.3 is 0 Å². The second-order valence-corrected chi connectivity index (χ2v) is 7.53. The molecule has 1 atom stereocenters. The zero-order valence-corrected chi connectivity index (χ0v) is 13.7. The van der Waals surface area contributed by atoms with Crippen LogP contribution in [0.5, 0.6) is 0 Å². The van der Waals surface area contributed by atoms with Crippen LogP contribution in [0.3, 0.4) is 0 Å². The van der Waals surface area contributed by atoms with Gasteiger partial charge in [-0.3, -0.25) is 0 Å². The third-order valence-electron chi connectivity index (χ3n) is 3.31. The predicted octanol–water partition coefficient (Wildman–Crippen LogP) is 1.93. The maximum atomic E-state index is 14.1. The fourth-order valence-electron chi connectivity index (χ4n) is 2.18. The number of benzene rings is 1. The lowest BCUT2D eigenvalue weighted by atomic mass is 10.1. The summed E-state index contributed by atoms with van der Waals surface area (Å²) < 4.78 is 46.7. The molecule has 2 rings (SSSR count). The third-order valence-corrected chi connectivity index (χ3v) is 5.19. The number of halogens is 2. The van der Waals surface area contributed by atoms with E-state index in [9.17, 15) is 12.8 Å². The monoisotopic (exact) mass is 381 g/mol. The van der Waals surface area contributed by atoms with Gasteiger partial charge in [-0.25, -0.2) is 17.5 Å². The van der Waals surface area contributed by atoms with Gasteiger partial charge in [0.15, 0.2) is 0 Å². The Balaban J connectivity index is 2.17. The van der Waals surface area contributed by atoms with Gasteiger partial charge in [-0.2, -0.15) is 0 Å². The molecule has 0 spiro atoms. The topological polar surface area (TPSA) is 75.6 Å². The first-order valence-electron chi connectivity index (χ1n) is 6.64. The molecular formula is C13H17BrFNO4S. The van der Waals surface area contributed by atoms with Gasteiger partial charge in [0.2, 0.25) is 10.0 Å². The van der Waals surface area contributed by atoms with Crippen molar-refractivity contribution in [1.82, 2.24) is 4.72 Å². The fraction of sp³-hybridized carbons (Fsp3) is 0.538. The lowest BCUT2D eigenvalue weighted by Gasteiger charge is -2.22. The van der Waals surface area contributed by atoms with Crippen molar-refractivity contribution in [2.24, 2.45) is 0 Å². The minimum Gasteiger partial charge on any atom is -0.392 e. The van der Waals surface area contributed by atoms with Crippen LogP contribution in [0.4, 0.5) is 4.39 Å². The Hall–Kier alpha value is -0.540. The van der Waals surface area contributed by atoms with Crippen LogP contribution >= 0.6 is 15.9 Å². The number of sulfonamides is 1. The largest absolute Gasteiger partial charge is 0.392 e. The van der Waals surface area contributed by atoms with Crippen LogP contribution in [-0.2, 0) is 21.4 Å². The van der Waals surface area contributed by atoms with Gasteiger partial charge in [0.05, 0.1) is 12.7 Å². The summed E-state index contributed by atoms with van der Waals surface area (Å²) in [5.41, 5.74) is -0.0707. The molecule has 0 bridgehead atoms. The Labute approximate surface area is 131 Å². The predicted molar refractivity (Wildman–Crippen MR) is 78.8 cm³/mol. The molecule has 8 heteroatoms. The molecule has 1 unspecified atom stereocenters. The van der Waals surface area contributed by atoms with Crippen molar-refractivity contribution < 1.29 is 22.7 Å². The van der Waals surface area contributed by atoms with Crippen LogP contribution in [0.25, 0.3) is 0 Å². The van der Waals surface area contributed by atoms with Crippen LogP contribution in [0, 0.1) is 5.82 Å². The number of nitrogens with one attached hydrogen (secondary N) is 1. The van der Waals surface area contributed by atoms with E-state index in [2.05, 4.69) is 20.7 Å². The summed E-state index contributed by atoms with van der Waals surface area (Å²) >= 11 is 3.11. The van der Waals surface area contributed by atoms with Crippen molar-refractivity contribution in [2.45, 2.75) is 36.9 Å². The first kappa shape index (κ1) is 16.8. The van der Waals surface area contributed by atoms with Crippen LogP contribution in [0.2, 0.25) is 0 Å². The van der Waals surface area contributed by atoms with E-state index in [-0.39, 0.29) is 18.2 Å². The first-order valence-corrected chi connectivity index (χ1v) is 8.91. The average Bonchev–Trinajstić information content (AvgIpc) is 2.48. The summed E-state index contributed by atoms with van der Waals surface area (Å²) in [5.74, 6) is -0.933. The molecule has 1 aliphatic heterocycles. The second-order valence-electron chi connectivity index (χ2n) is 4.88. The highest BCUT2D eigenvalue weighted by Crippen LogP contribution is 2.24. The Morgan fingerprint density at radius 3 is 2.81 bits per heavy atom. The molecule has 1 aromatic carbocycles. The normalized spacial score (nSPS) is 19.7. The summed E-state index contributed by atoms with van der Waals surface area (Å²) in [7, 11) is -3.99. The summed E-state index contributed by atoms with van der Waals surface area (Å²) in [5, 5.41) is 9.07. The van der Waals surface area contributed by atoms with Gasteiger partial charge in [0, 0.05) is 23.2 Å². The smallest absolute Gasteiger partial charge is 0.243 e. The molecule has 118 valence electrons. The van der Waals surface area contributed by atoms with Crippen molar-refractivity contribution >= 4 is 26.0 Å². The number of hydrogen-bond acceptors (Lipinski definition) is 4. The van der Waals surface area contributed by atoms with E-state index in [1.54, 1.807) is 0 Å². The minimum absolute atomic E-state index is 0.0707. The van der Waals surface area contributed by atoms with Gasteiger partial charge in [0.1, 0.15) is 10.7 Å². The maximum Gasteiger partial charge on any atom is 0.243 e. The molecule has 0 amide bonds.